The van der Waals surface area contributed by atoms with E-state index in [1.54, 1.807) is 23.9 Å². The number of carbonyl (C=O) groups is 2. The average Bonchev–Trinajstić information content (AvgIpc) is 3.25. The largest absolute Gasteiger partial charge is 0.348 e. The lowest BCUT2D eigenvalue weighted by atomic mass is 9.80. The molecule has 2 aliphatic rings. The second-order valence-electron chi connectivity index (χ2n) is 8.65. The zero-order chi connectivity index (χ0) is 22.2. The summed E-state index contributed by atoms with van der Waals surface area (Å²) in [5.74, 6) is -0.439. The Balaban J connectivity index is 1.49. The quantitative estimate of drug-likeness (QED) is 0.784. The van der Waals surface area contributed by atoms with Gasteiger partial charge in [0.05, 0.1) is 10.4 Å². The van der Waals surface area contributed by atoms with Crippen molar-refractivity contribution in [3.05, 3.63) is 64.9 Å². The first-order valence-electron chi connectivity index (χ1n) is 10.3. The summed E-state index contributed by atoms with van der Waals surface area (Å²) < 4.78 is 13.4. The summed E-state index contributed by atoms with van der Waals surface area (Å²) in [5.41, 5.74) is 1.00. The van der Waals surface area contributed by atoms with E-state index in [4.69, 9.17) is 11.6 Å². The molecular formula is C23H26ClFN4O2. The molecule has 2 aromatic rings. The fourth-order valence-electron chi connectivity index (χ4n) is 4.81. The van der Waals surface area contributed by atoms with Crippen molar-refractivity contribution in [1.29, 1.82) is 0 Å². The van der Waals surface area contributed by atoms with Crippen LogP contribution in [0.15, 0.2) is 48.5 Å². The van der Waals surface area contributed by atoms with E-state index < -0.39 is 11.2 Å². The van der Waals surface area contributed by atoms with E-state index in [2.05, 4.69) is 22.3 Å². The predicted molar refractivity (Wildman–Crippen MR) is 118 cm³/mol. The van der Waals surface area contributed by atoms with Gasteiger partial charge in [-0.05, 0) is 23.8 Å². The minimum atomic E-state index is -0.629. The molecular weight excluding hydrogens is 419 g/mol. The summed E-state index contributed by atoms with van der Waals surface area (Å²) in [5, 5.41) is 2.73. The Kier molecular flexibility index (Phi) is 5.90. The van der Waals surface area contributed by atoms with Crippen molar-refractivity contribution < 1.29 is 14.0 Å². The highest BCUT2D eigenvalue weighted by Crippen LogP contribution is 2.44. The Morgan fingerprint density at radius 1 is 1.16 bits per heavy atom. The van der Waals surface area contributed by atoms with Gasteiger partial charge in [-0.2, -0.15) is 0 Å². The number of rotatable bonds is 4. The lowest BCUT2D eigenvalue weighted by Gasteiger charge is -2.31. The summed E-state index contributed by atoms with van der Waals surface area (Å²) in [6.07, 6.45) is 0. The summed E-state index contributed by atoms with van der Waals surface area (Å²) in [7, 11) is 3.52. The molecule has 4 rings (SSSR count). The molecule has 6 nitrogen and oxygen atoms in total. The van der Waals surface area contributed by atoms with Crippen LogP contribution in [0.5, 0.6) is 0 Å². The van der Waals surface area contributed by atoms with Gasteiger partial charge in [0.15, 0.2) is 0 Å². The second kappa shape index (κ2) is 8.48. The molecule has 0 aromatic heterocycles. The summed E-state index contributed by atoms with van der Waals surface area (Å²) >= 11 is 5.82. The number of anilines is 1. The van der Waals surface area contributed by atoms with Crippen molar-refractivity contribution in [3.8, 4) is 0 Å². The molecule has 2 fully saturated rings. The average molecular weight is 445 g/mol. The second-order valence-corrected chi connectivity index (χ2v) is 9.05. The molecule has 0 unspecified atom stereocenters. The van der Waals surface area contributed by atoms with Gasteiger partial charge in [-0.1, -0.05) is 41.9 Å². The van der Waals surface area contributed by atoms with Crippen LogP contribution in [0.4, 0.5) is 14.9 Å². The molecule has 2 saturated heterocycles. The Bertz CT molecular complexity index is 987. The van der Waals surface area contributed by atoms with Crippen molar-refractivity contribution in [3.63, 3.8) is 0 Å². The molecule has 2 aliphatic heterocycles. The Labute approximate surface area is 186 Å². The third kappa shape index (κ3) is 4.25. The highest BCUT2D eigenvalue weighted by atomic mass is 35.5. The van der Waals surface area contributed by atoms with E-state index in [0.717, 1.165) is 13.1 Å². The van der Waals surface area contributed by atoms with E-state index in [0.29, 0.717) is 25.3 Å². The summed E-state index contributed by atoms with van der Waals surface area (Å²) in [6.45, 7) is 2.97. The zero-order valence-electron chi connectivity index (χ0n) is 17.6. The number of fused-ring (bicyclic) bond motifs is 1. The van der Waals surface area contributed by atoms with Crippen LogP contribution in [0, 0.1) is 17.2 Å². The number of urea groups is 1. The molecule has 31 heavy (non-hydrogen) atoms. The van der Waals surface area contributed by atoms with E-state index in [-0.39, 0.29) is 22.9 Å². The number of hydrogen-bond donors (Lipinski definition) is 1. The standard InChI is InChI=1S/C23H26ClFN4O2/c1-27(2)21(30)23-14-28(11-16-6-4-3-5-7-16)12-17(23)13-29(15-23)22(31)26-18-8-9-20(25)19(24)10-18/h3-10,17H,11-15H2,1-2H3,(H,26,31)/t17-,23-/m0/s1. The molecule has 0 spiro atoms. The van der Waals surface area contributed by atoms with Crippen LogP contribution in [-0.2, 0) is 11.3 Å². The number of hydrogen-bond acceptors (Lipinski definition) is 3. The molecule has 0 aliphatic carbocycles. The van der Waals surface area contributed by atoms with Gasteiger partial charge in [-0.15, -0.1) is 0 Å². The topological polar surface area (TPSA) is 55.9 Å². The first-order valence-corrected chi connectivity index (χ1v) is 10.7. The van der Waals surface area contributed by atoms with Gasteiger partial charge < -0.3 is 15.1 Å². The van der Waals surface area contributed by atoms with E-state index in [9.17, 15) is 14.0 Å². The van der Waals surface area contributed by atoms with E-state index in [1.807, 2.05) is 18.2 Å². The molecule has 8 heteroatoms. The van der Waals surface area contributed by atoms with Crippen molar-refractivity contribution >= 4 is 29.2 Å². The van der Waals surface area contributed by atoms with Crippen LogP contribution < -0.4 is 5.32 Å². The maximum atomic E-state index is 13.4. The minimum absolute atomic E-state index is 0.0492. The molecule has 1 N–H and O–H groups in total. The van der Waals surface area contributed by atoms with Crippen LogP contribution >= 0.6 is 11.6 Å². The number of amides is 3. The third-order valence-corrected chi connectivity index (χ3v) is 6.51. The van der Waals surface area contributed by atoms with Gasteiger partial charge in [-0.25, -0.2) is 9.18 Å². The van der Waals surface area contributed by atoms with Crippen molar-refractivity contribution in [2.45, 2.75) is 6.54 Å². The predicted octanol–water partition coefficient (Wildman–Crippen LogP) is 3.53. The van der Waals surface area contributed by atoms with Crippen LogP contribution in [0.1, 0.15) is 5.56 Å². The molecule has 0 bridgehead atoms. The van der Waals surface area contributed by atoms with Gasteiger partial charge in [0.25, 0.3) is 0 Å². The highest BCUT2D eigenvalue weighted by molar-refractivity contribution is 6.31. The lowest BCUT2D eigenvalue weighted by molar-refractivity contribution is -0.139. The maximum Gasteiger partial charge on any atom is 0.321 e. The minimum Gasteiger partial charge on any atom is -0.348 e. The van der Waals surface area contributed by atoms with E-state index in [1.165, 1.54) is 23.8 Å². The number of likely N-dealkylation sites (tertiary alicyclic amines) is 2. The molecule has 3 amide bonds. The Hall–Kier alpha value is -2.64. The van der Waals surface area contributed by atoms with Crippen LogP contribution in [0.3, 0.4) is 0 Å². The Morgan fingerprint density at radius 3 is 2.58 bits per heavy atom. The zero-order valence-corrected chi connectivity index (χ0v) is 18.4. The van der Waals surface area contributed by atoms with Crippen molar-refractivity contribution in [2.75, 3.05) is 45.6 Å². The molecule has 2 atom stereocenters. The smallest absolute Gasteiger partial charge is 0.321 e. The molecule has 0 radical (unpaired) electrons. The number of nitrogens with one attached hydrogen (secondary N) is 1. The number of benzene rings is 2. The van der Waals surface area contributed by atoms with Gasteiger partial charge in [0, 0.05) is 58.4 Å². The molecule has 164 valence electrons. The van der Waals surface area contributed by atoms with Gasteiger partial charge in [0.2, 0.25) is 5.91 Å². The van der Waals surface area contributed by atoms with Crippen LogP contribution in [-0.4, -0.2) is 66.9 Å². The molecule has 2 heterocycles. The number of halogens is 2. The normalized spacial score (nSPS) is 23.0. The Morgan fingerprint density at radius 2 is 1.90 bits per heavy atom. The highest BCUT2D eigenvalue weighted by Gasteiger charge is 2.58. The van der Waals surface area contributed by atoms with Gasteiger partial charge in [0.1, 0.15) is 5.82 Å². The van der Waals surface area contributed by atoms with Crippen molar-refractivity contribution in [1.82, 2.24) is 14.7 Å². The monoisotopic (exact) mass is 444 g/mol. The maximum absolute atomic E-state index is 13.4. The lowest BCUT2D eigenvalue weighted by Crippen LogP contribution is -2.47. The van der Waals surface area contributed by atoms with Crippen molar-refractivity contribution in [2.24, 2.45) is 11.3 Å². The molecule has 2 aromatic carbocycles. The third-order valence-electron chi connectivity index (χ3n) is 6.22. The fourth-order valence-corrected chi connectivity index (χ4v) is 4.99. The first kappa shape index (κ1) is 21.6. The van der Waals surface area contributed by atoms with Gasteiger partial charge >= 0.3 is 6.03 Å². The first-order chi connectivity index (χ1) is 14.8. The number of nitrogens with zero attached hydrogens (tertiary/aromatic N) is 3. The summed E-state index contributed by atoms with van der Waals surface area (Å²) in [4.78, 5) is 31.7. The summed E-state index contributed by atoms with van der Waals surface area (Å²) in [6, 6.07) is 14.0. The fraction of sp³-hybridized carbons (Fsp3) is 0.391. The molecule has 0 saturated carbocycles. The van der Waals surface area contributed by atoms with Crippen LogP contribution in [0.25, 0.3) is 0 Å². The van der Waals surface area contributed by atoms with Crippen LogP contribution in [0.2, 0.25) is 5.02 Å². The van der Waals surface area contributed by atoms with E-state index >= 15 is 0 Å². The van der Waals surface area contributed by atoms with Gasteiger partial charge in [-0.3, -0.25) is 9.69 Å². The SMILES string of the molecule is CN(C)C(=O)[C@]12CN(Cc3ccccc3)C[C@H]1CN(C(=O)Nc1ccc(F)c(Cl)c1)C2. The number of carbonyl (C=O) groups excluding carboxylic acids is 2.